The van der Waals surface area contributed by atoms with Gasteiger partial charge in [-0.1, -0.05) is 6.42 Å². The van der Waals surface area contributed by atoms with Crippen LogP contribution in [0.25, 0.3) is 0 Å². The van der Waals surface area contributed by atoms with Crippen LogP contribution in [0, 0.1) is 0 Å². The molecule has 0 aromatic rings. The molecule has 0 radical (unpaired) electrons. The smallest absolute Gasteiger partial charge is 0.00368 e. The first-order valence-corrected chi connectivity index (χ1v) is 7.12. The van der Waals surface area contributed by atoms with Crippen LogP contribution in [-0.4, -0.2) is 53.4 Å². The van der Waals surface area contributed by atoms with Gasteiger partial charge in [0.1, 0.15) is 0 Å². The molecule has 0 rings (SSSR count). The molecule has 0 saturated heterocycles. The molecule has 0 spiro atoms. The van der Waals surface area contributed by atoms with Crippen LogP contribution in [0.4, 0.5) is 0 Å². The molecule has 4 N–H and O–H groups in total. The first-order chi connectivity index (χ1) is 8.41. The molecule has 0 fully saturated rings. The Morgan fingerprint density at radius 1 is 0.471 bits per heavy atom. The van der Waals surface area contributed by atoms with E-state index < -0.39 is 0 Å². The molecule has 0 unspecified atom stereocenters. The maximum absolute atomic E-state index is 3.47. The molecular formula is C13H32N4. The predicted octanol–water partition coefficient (Wildman–Crippen LogP) is 0.555. The Balaban J connectivity index is 2.85. The SMILES string of the molecule is CNCCCNCCCCCNCCCNC. The Morgan fingerprint density at radius 2 is 0.882 bits per heavy atom. The van der Waals surface area contributed by atoms with Crippen molar-refractivity contribution >= 4 is 0 Å². The maximum Gasteiger partial charge on any atom is -0.00368 e. The molecular weight excluding hydrogens is 212 g/mol. The van der Waals surface area contributed by atoms with E-state index in [9.17, 15) is 0 Å². The van der Waals surface area contributed by atoms with E-state index in [1.165, 1.54) is 45.2 Å². The molecule has 104 valence electrons. The Bertz CT molecular complexity index is 117. The van der Waals surface area contributed by atoms with Crippen molar-refractivity contribution in [3.63, 3.8) is 0 Å². The van der Waals surface area contributed by atoms with Crippen molar-refractivity contribution in [3.8, 4) is 0 Å². The second kappa shape index (κ2) is 15.8. The molecule has 0 bridgehead atoms. The number of rotatable bonds is 14. The second-order valence-corrected chi connectivity index (χ2v) is 4.47. The summed E-state index contributed by atoms with van der Waals surface area (Å²) in [5.41, 5.74) is 0. The standard InChI is InChI=1S/C13H32N4/c1-14-8-6-12-16-10-4-3-5-11-17-13-7-9-15-2/h14-17H,3-13H2,1-2H3. The first kappa shape index (κ1) is 16.8. The van der Waals surface area contributed by atoms with E-state index in [2.05, 4.69) is 21.3 Å². The number of nitrogens with one attached hydrogen (secondary N) is 4. The first-order valence-electron chi connectivity index (χ1n) is 7.12. The summed E-state index contributed by atoms with van der Waals surface area (Å²) in [6.45, 7) is 6.85. The summed E-state index contributed by atoms with van der Waals surface area (Å²) in [4.78, 5) is 0. The van der Waals surface area contributed by atoms with Gasteiger partial charge in [-0.05, 0) is 79.0 Å². The van der Waals surface area contributed by atoms with Gasteiger partial charge in [-0.2, -0.15) is 0 Å². The maximum atomic E-state index is 3.47. The zero-order chi connectivity index (χ0) is 12.6. The van der Waals surface area contributed by atoms with Crippen LogP contribution in [0.1, 0.15) is 32.1 Å². The van der Waals surface area contributed by atoms with Crippen LogP contribution in [0.5, 0.6) is 0 Å². The van der Waals surface area contributed by atoms with Crippen LogP contribution in [0.2, 0.25) is 0 Å². The zero-order valence-electron chi connectivity index (χ0n) is 11.8. The minimum atomic E-state index is 1.11. The summed E-state index contributed by atoms with van der Waals surface area (Å²) >= 11 is 0. The van der Waals surface area contributed by atoms with Crippen molar-refractivity contribution in [2.75, 3.05) is 53.4 Å². The number of unbranched alkanes of at least 4 members (excludes halogenated alkanes) is 2. The van der Waals surface area contributed by atoms with Gasteiger partial charge in [0.25, 0.3) is 0 Å². The lowest BCUT2D eigenvalue weighted by Gasteiger charge is -2.06. The Hall–Kier alpha value is -0.160. The van der Waals surface area contributed by atoms with Gasteiger partial charge in [0.05, 0.1) is 0 Å². The van der Waals surface area contributed by atoms with E-state index in [1.54, 1.807) is 0 Å². The molecule has 4 heteroatoms. The monoisotopic (exact) mass is 244 g/mol. The molecule has 0 amide bonds. The summed E-state index contributed by atoms with van der Waals surface area (Å²) in [6, 6.07) is 0. The van der Waals surface area contributed by atoms with E-state index >= 15 is 0 Å². The van der Waals surface area contributed by atoms with Crippen LogP contribution in [0.15, 0.2) is 0 Å². The quantitative estimate of drug-likeness (QED) is 0.337. The fraction of sp³-hybridized carbons (Fsp3) is 1.00. The molecule has 0 aliphatic heterocycles. The average Bonchev–Trinajstić information content (AvgIpc) is 2.35. The van der Waals surface area contributed by atoms with E-state index in [4.69, 9.17) is 0 Å². The molecule has 0 aromatic heterocycles. The lowest BCUT2D eigenvalue weighted by atomic mass is 10.2. The van der Waals surface area contributed by atoms with Gasteiger partial charge < -0.3 is 21.3 Å². The van der Waals surface area contributed by atoms with E-state index in [1.807, 2.05) is 14.1 Å². The molecule has 0 aliphatic rings. The Morgan fingerprint density at radius 3 is 1.29 bits per heavy atom. The van der Waals surface area contributed by atoms with Crippen molar-refractivity contribution < 1.29 is 0 Å². The minimum Gasteiger partial charge on any atom is -0.320 e. The van der Waals surface area contributed by atoms with Crippen molar-refractivity contribution in [3.05, 3.63) is 0 Å². The van der Waals surface area contributed by atoms with E-state index in [0.29, 0.717) is 0 Å². The van der Waals surface area contributed by atoms with Crippen LogP contribution < -0.4 is 21.3 Å². The Labute approximate surface area is 107 Å². The fourth-order valence-electron chi connectivity index (χ4n) is 1.71. The van der Waals surface area contributed by atoms with E-state index in [-0.39, 0.29) is 0 Å². The van der Waals surface area contributed by atoms with Gasteiger partial charge >= 0.3 is 0 Å². The molecule has 0 aliphatic carbocycles. The number of hydrogen-bond acceptors (Lipinski definition) is 4. The summed E-state index contributed by atoms with van der Waals surface area (Å²) in [6.07, 6.45) is 6.39. The van der Waals surface area contributed by atoms with Gasteiger partial charge in [-0.25, -0.2) is 0 Å². The van der Waals surface area contributed by atoms with Crippen LogP contribution in [-0.2, 0) is 0 Å². The molecule has 4 nitrogen and oxygen atoms in total. The molecule has 0 atom stereocenters. The summed E-state index contributed by atoms with van der Waals surface area (Å²) < 4.78 is 0. The van der Waals surface area contributed by atoms with Gasteiger partial charge in [0.2, 0.25) is 0 Å². The minimum absolute atomic E-state index is 1.11. The van der Waals surface area contributed by atoms with Gasteiger partial charge in [0, 0.05) is 0 Å². The van der Waals surface area contributed by atoms with E-state index in [0.717, 1.165) is 26.2 Å². The molecule has 0 aromatic carbocycles. The normalized spacial score (nSPS) is 10.9. The summed E-state index contributed by atoms with van der Waals surface area (Å²) in [7, 11) is 4.01. The third kappa shape index (κ3) is 15.8. The summed E-state index contributed by atoms with van der Waals surface area (Å²) in [5.74, 6) is 0. The van der Waals surface area contributed by atoms with Crippen molar-refractivity contribution in [1.29, 1.82) is 0 Å². The van der Waals surface area contributed by atoms with Gasteiger partial charge in [-0.3, -0.25) is 0 Å². The predicted molar refractivity (Wildman–Crippen MR) is 76.7 cm³/mol. The molecule has 17 heavy (non-hydrogen) atoms. The third-order valence-corrected chi connectivity index (χ3v) is 2.77. The average molecular weight is 244 g/mol. The zero-order valence-corrected chi connectivity index (χ0v) is 11.8. The van der Waals surface area contributed by atoms with Gasteiger partial charge in [-0.15, -0.1) is 0 Å². The largest absolute Gasteiger partial charge is 0.320 e. The highest BCUT2D eigenvalue weighted by Gasteiger charge is 1.91. The number of hydrogen-bond donors (Lipinski definition) is 4. The lowest BCUT2D eigenvalue weighted by Crippen LogP contribution is -2.22. The Kier molecular flexibility index (Phi) is 15.7. The third-order valence-electron chi connectivity index (χ3n) is 2.77. The van der Waals surface area contributed by atoms with Crippen LogP contribution in [0.3, 0.4) is 0 Å². The molecule has 0 heterocycles. The van der Waals surface area contributed by atoms with Crippen molar-refractivity contribution in [1.82, 2.24) is 21.3 Å². The summed E-state index contributed by atoms with van der Waals surface area (Å²) in [5, 5.41) is 13.3. The lowest BCUT2D eigenvalue weighted by molar-refractivity contribution is 0.553. The van der Waals surface area contributed by atoms with Crippen LogP contribution >= 0.6 is 0 Å². The molecule has 0 saturated carbocycles. The highest BCUT2D eigenvalue weighted by molar-refractivity contribution is 4.53. The van der Waals surface area contributed by atoms with Crippen molar-refractivity contribution in [2.45, 2.75) is 32.1 Å². The fourth-order valence-corrected chi connectivity index (χ4v) is 1.71. The van der Waals surface area contributed by atoms with Crippen molar-refractivity contribution in [2.24, 2.45) is 0 Å². The topological polar surface area (TPSA) is 48.1 Å². The van der Waals surface area contributed by atoms with Gasteiger partial charge in [0.15, 0.2) is 0 Å². The highest BCUT2D eigenvalue weighted by Crippen LogP contribution is 1.92. The second-order valence-electron chi connectivity index (χ2n) is 4.47. The highest BCUT2D eigenvalue weighted by atomic mass is 14.9.